The summed E-state index contributed by atoms with van der Waals surface area (Å²) in [5.74, 6) is 1.44. The van der Waals surface area contributed by atoms with E-state index in [9.17, 15) is 4.79 Å². The molecule has 1 saturated heterocycles. The van der Waals surface area contributed by atoms with Crippen LogP contribution in [0.4, 0.5) is 0 Å². The molecule has 0 amide bonds. The van der Waals surface area contributed by atoms with Crippen LogP contribution < -0.4 is 0 Å². The van der Waals surface area contributed by atoms with Crippen LogP contribution in [0.2, 0.25) is 0 Å². The van der Waals surface area contributed by atoms with Gasteiger partial charge in [0.25, 0.3) is 0 Å². The first-order valence-electron chi connectivity index (χ1n) is 10.7. The van der Waals surface area contributed by atoms with Crippen molar-refractivity contribution in [1.29, 1.82) is 0 Å². The van der Waals surface area contributed by atoms with E-state index in [0.29, 0.717) is 5.75 Å². The van der Waals surface area contributed by atoms with E-state index >= 15 is 0 Å². The largest absolute Gasteiger partial charge is 0.379 e. The Morgan fingerprint density at radius 3 is 2.73 bits per heavy atom. The van der Waals surface area contributed by atoms with Gasteiger partial charge < -0.3 is 13.9 Å². The van der Waals surface area contributed by atoms with Crippen molar-refractivity contribution in [2.45, 2.75) is 45.1 Å². The predicted octanol–water partition coefficient (Wildman–Crippen LogP) is 3.47. The van der Waals surface area contributed by atoms with Crippen LogP contribution in [0.5, 0.6) is 0 Å². The van der Waals surface area contributed by atoms with Crippen LogP contribution in [0, 0.1) is 0 Å². The first-order valence-corrected chi connectivity index (χ1v) is 11.7. The Kier molecular flexibility index (Phi) is 6.86. The Morgan fingerprint density at radius 1 is 1.17 bits per heavy atom. The molecule has 0 N–H and O–H groups in total. The van der Waals surface area contributed by atoms with Gasteiger partial charge in [-0.2, -0.15) is 0 Å². The molecule has 8 heteroatoms. The van der Waals surface area contributed by atoms with Crippen LogP contribution in [0.25, 0.3) is 10.9 Å². The second-order valence-electron chi connectivity index (χ2n) is 7.50. The Hall–Kier alpha value is -2.16. The number of morpholine rings is 1. The van der Waals surface area contributed by atoms with Gasteiger partial charge in [0.2, 0.25) is 0 Å². The zero-order valence-corrected chi connectivity index (χ0v) is 18.5. The standard InChI is InChI=1S/C22H29N5O2S/c1-3-9-26-14-18(17-7-5-6-8-19(17)26)20(28)16-30-22-24-23-21(27(22)4-2)15-25-10-12-29-13-11-25/h5-8,14H,3-4,9-13,15-16H2,1-2H3. The van der Waals surface area contributed by atoms with Crippen molar-refractivity contribution in [1.82, 2.24) is 24.2 Å². The average molecular weight is 428 g/mol. The number of ketones is 1. The number of rotatable bonds is 9. The molecule has 2 aromatic heterocycles. The second-order valence-corrected chi connectivity index (χ2v) is 8.44. The molecule has 0 bridgehead atoms. The Balaban J connectivity index is 1.47. The van der Waals surface area contributed by atoms with Crippen LogP contribution in [0.3, 0.4) is 0 Å². The molecule has 0 atom stereocenters. The molecule has 160 valence electrons. The molecule has 0 unspecified atom stereocenters. The van der Waals surface area contributed by atoms with Gasteiger partial charge >= 0.3 is 0 Å². The van der Waals surface area contributed by atoms with Crippen LogP contribution >= 0.6 is 11.8 Å². The van der Waals surface area contributed by atoms with Gasteiger partial charge in [0.1, 0.15) is 5.82 Å². The highest BCUT2D eigenvalue weighted by atomic mass is 32.2. The molecule has 3 heterocycles. The number of thioether (sulfide) groups is 1. The maximum atomic E-state index is 13.1. The Labute approximate surface area is 181 Å². The fourth-order valence-electron chi connectivity index (χ4n) is 3.92. The molecule has 1 aliphatic rings. The lowest BCUT2D eigenvalue weighted by Gasteiger charge is -2.26. The molecule has 0 radical (unpaired) electrons. The second kappa shape index (κ2) is 9.76. The lowest BCUT2D eigenvalue weighted by Crippen LogP contribution is -2.36. The van der Waals surface area contributed by atoms with Gasteiger partial charge in [-0.3, -0.25) is 9.69 Å². The Bertz CT molecular complexity index is 1010. The first-order chi connectivity index (χ1) is 14.7. The highest BCUT2D eigenvalue weighted by molar-refractivity contribution is 7.99. The summed E-state index contributed by atoms with van der Waals surface area (Å²) in [4.78, 5) is 15.4. The molecule has 0 aliphatic carbocycles. The highest BCUT2D eigenvalue weighted by Gasteiger charge is 2.19. The van der Waals surface area contributed by atoms with Gasteiger partial charge in [-0.05, 0) is 19.4 Å². The average Bonchev–Trinajstić information content (AvgIpc) is 3.34. The number of hydrogen-bond acceptors (Lipinski definition) is 6. The van der Waals surface area contributed by atoms with Crippen molar-refractivity contribution >= 4 is 28.4 Å². The van der Waals surface area contributed by atoms with Gasteiger partial charge in [-0.25, -0.2) is 0 Å². The minimum Gasteiger partial charge on any atom is -0.379 e. The Morgan fingerprint density at radius 2 is 1.97 bits per heavy atom. The third kappa shape index (κ3) is 4.45. The number of para-hydroxylation sites is 1. The van der Waals surface area contributed by atoms with E-state index in [-0.39, 0.29) is 5.78 Å². The predicted molar refractivity (Wildman–Crippen MR) is 119 cm³/mol. The van der Waals surface area contributed by atoms with Crippen LogP contribution in [-0.2, 0) is 24.4 Å². The molecule has 1 aliphatic heterocycles. The molecular formula is C22H29N5O2S. The van der Waals surface area contributed by atoms with Gasteiger partial charge in [0, 0.05) is 48.8 Å². The number of aromatic nitrogens is 4. The number of hydrogen-bond donors (Lipinski definition) is 0. The van der Waals surface area contributed by atoms with E-state index in [4.69, 9.17) is 4.74 Å². The van der Waals surface area contributed by atoms with E-state index in [1.54, 1.807) is 0 Å². The summed E-state index contributed by atoms with van der Waals surface area (Å²) in [5, 5.41) is 10.6. The van der Waals surface area contributed by atoms with E-state index in [2.05, 4.69) is 44.1 Å². The summed E-state index contributed by atoms with van der Waals surface area (Å²) in [5.41, 5.74) is 1.92. The minimum atomic E-state index is 0.131. The molecule has 0 saturated carbocycles. The number of aryl methyl sites for hydroxylation is 1. The summed E-state index contributed by atoms with van der Waals surface area (Å²) in [7, 11) is 0. The topological polar surface area (TPSA) is 65.2 Å². The van der Waals surface area contributed by atoms with Gasteiger partial charge in [-0.1, -0.05) is 36.9 Å². The maximum Gasteiger partial charge on any atom is 0.191 e. The summed E-state index contributed by atoms with van der Waals surface area (Å²) < 4.78 is 9.73. The number of ether oxygens (including phenoxy) is 1. The highest BCUT2D eigenvalue weighted by Crippen LogP contribution is 2.25. The molecule has 4 rings (SSSR count). The summed E-state index contributed by atoms with van der Waals surface area (Å²) in [6.07, 6.45) is 3.04. The van der Waals surface area contributed by atoms with E-state index < -0.39 is 0 Å². The molecule has 30 heavy (non-hydrogen) atoms. The smallest absolute Gasteiger partial charge is 0.191 e. The fraction of sp³-hybridized carbons (Fsp3) is 0.500. The van der Waals surface area contributed by atoms with Crippen molar-refractivity contribution in [3.8, 4) is 0 Å². The number of benzene rings is 1. The monoisotopic (exact) mass is 427 g/mol. The number of Topliss-reactive ketones (excluding diaryl/α,β-unsaturated/α-hetero) is 1. The SMILES string of the molecule is CCCn1cc(C(=O)CSc2nnc(CN3CCOCC3)n2CC)c2ccccc21. The van der Waals surface area contributed by atoms with Crippen molar-refractivity contribution < 1.29 is 9.53 Å². The molecule has 3 aromatic rings. The first kappa shape index (κ1) is 21.1. The number of nitrogens with zero attached hydrogens (tertiary/aromatic N) is 5. The van der Waals surface area contributed by atoms with Gasteiger partial charge in [0.05, 0.1) is 25.5 Å². The van der Waals surface area contributed by atoms with Crippen LogP contribution in [0.15, 0.2) is 35.6 Å². The number of carbonyl (C=O) groups excluding carboxylic acids is 1. The lowest BCUT2D eigenvalue weighted by atomic mass is 10.1. The van der Waals surface area contributed by atoms with Crippen LogP contribution in [0.1, 0.15) is 36.5 Å². The van der Waals surface area contributed by atoms with Gasteiger partial charge in [0.15, 0.2) is 10.9 Å². The van der Waals surface area contributed by atoms with Crippen molar-refractivity contribution in [3.05, 3.63) is 41.9 Å². The molecule has 1 fully saturated rings. The maximum absolute atomic E-state index is 13.1. The fourth-order valence-corrected chi connectivity index (χ4v) is 4.83. The molecule has 0 spiro atoms. The van der Waals surface area contributed by atoms with E-state index in [1.165, 1.54) is 11.8 Å². The number of fused-ring (bicyclic) bond motifs is 1. The minimum absolute atomic E-state index is 0.131. The quantitative estimate of drug-likeness (QED) is 0.385. The summed E-state index contributed by atoms with van der Waals surface area (Å²) in [6, 6.07) is 8.14. The van der Waals surface area contributed by atoms with Crippen molar-refractivity contribution in [2.75, 3.05) is 32.1 Å². The van der Waals surface area contributed by atoms with Gasteiger partial charge in [-0.15, -0.1) is 10.2 Å². The molecule has 1 aromatic carbocycles. The van der Waals surface area contributed by atoms with E-state index in [0.717, 1.165) is 79.8 Å². The third-order valence-electron chi connectivity index (χ3n) is 5.46. The van der Waals surface area contributed by atoms with E-state index in [1.807, 2.05) is 24.4 Å². The van der Waals surface area contributed by atoms with Crippen molar-refractivity contribution in [2.24, 2.45) is 0 Å². The summed E-state index contributed by atoms with van der Waals surface area (Å²) in [6.45, 7) is 10.1. The zero-order chi connectivity index (χ0) is 20.9. The molecule has 7 nitrogen and oxygen atoms in total. The lowest BCUT2D eigenvalue weighted by molar-refractivity contribution is 0.0325. The third-order valence-corrected chi connectivity index (χ3v) is 6.43. The normalized spacial score (nSPS) is 15.1. The summed E-state index contributed by atoms with van der Waals surface area (Å²) >= 11 is 1.48. The molecular weight excluding hydrogens is 398 g/mol. The zero-order valence-electron chi connectivity index (χ0n) is 17.7. The van der Waals surface area contributed by atoms with Crippen LogP contribution in [-0.4, -0.2) is 62.1 Å². The number of carbonyl (C=O) groups is 1. The van der Waals surface area contributed by atoms with Crippen molar-refractivity contribution in [3.63, 3.8) is 0 Å².